The second-order valence-corrected chi connectivity index (χ2v) is 9.18. The quantitative estimate of drug-likeness (QED) is 0.671. The largest absolute Gasteiger partial charge is 0.341 e. The van der Waals surface area contributed by atoms with Crippen LogP contribution in [-0.2, 0) is 19.2 Å². The average Bonchev–Trinajstić information content (AvgIpc) is 3.00. The van der Waals surface area contributed by atoms with Crippen molar-refractivity contribution >= 4 is 45.4 Å². The SMILES string of the molecule is O=C(Nc1ccc(Br)cn1)C1CCN(C(=O)CN2C(=O)C3CCCCC3C2=O)CC1. The molecule has 2 aliphatic heterocycles. The van der Waals surface area contributed by atoms with Gasteiger partial charge in [0.2, 0.25) is 23.6 Å². The van der Waals surface area contributed by atoms with E-state index in [1.807, 2.05) is 0 Å². The number of aromatic nitrogens is 1. The summed E-state index contributed by atoms with van der Waals surface area (Å²) in [6.07, 6.45) is 6.12. The number of pyridine rings is 1. The summed E-state index contributed by atoms with van der Waals surface area (Å²) < 4.78 is 0.835. The van der Waals surface area contributed by atoms with Crippen LogP contribution in [0.15, 0.2) is 22.8 Å². The highest BCUT2D eigenvalue weighted by Crippen LogP contribution is 2.38. The Hall–Kier alpha value is -2.29. The number of anilines is 1. The first kappa shape index (κ1) is 21.0. The number of piperidine rings is 1. The maximum Gasteiger partial charge on any atom is 0.242 e. The Bertz CT molecular complexity index is 827. The van der Waals surface area contributed by atoms with Crippen LogP contribution < -0.4 is 5.32 Å². The van der Waals surface area contributed by atoms with Gasteiger partial charge in [0.1, 0.15) is 12.4 Å². The van der Waals surface area contributed by atoms with E-state index in [-0.39, 0.29) is 47.9 Å². The van der Waals surface area contributed by atoms with E-state index >= 15 is 0 Å². The molecule has 1 N–H and O–H groups in total. The number of hydrogen-bond donors (Lipinski definition) is 1. The zero-order valence-electron chi connectivity index (χ0n) is 16.7. The smallest absolute Gasteiger partial charge is 0.242 e. The van der Waals surface area contributed by atoms with Crippen LogP contribution in [0.2, 0.25) is 0 Å². The lowest BCUT2D eigenvalue weighted by molar-refractivity contribution is -0.147. The van der Waals surface area contributed by atoms with Gasteiger partial charge in [0.25, 0.3) is 0 Å². The first-order valence-corrected chi connectivity index (χ1v) is 11.3. The number of rotatable bonds is 4. The van der Waals surface area contributed by atoms with Crippen molar-refractivity contribution in [3.05, 3.63) is 22.8 Å². The summed E-state index contributed by atoms with van der Waals surface area (Å²) in [5.41, 5.74) is 0. The zero-order chi connectivity index (χ0) is 21.3. The summed E-state index contributed by atoms with van der Waals surface area (Å²) in [6, 6.07) is 3.53. The van der Waals surface area contributed by atoms with E-state index in [9.17, 15) is 19.2 Å². The van der Waals surface area contributed by atoms with Crippen LogP contribution in [0.3, 0.4) is 0 Å². The molecule has 4 amide bonds. The highest BCUT2D eigenvalue weighted by molar-refractivity contribution is 9.10. The number of likely N-dealkylation sites (tertiary alicyclic amines) is 2. The molecule has 3 fully saturated rings. The number of amides is 4. The van der Waals surface area contributed by atoms with Crippen LogP contribution in [0.5, 0.6) is 0 Å². The van der Waals surface area contributed by atoms with Gasteiger partial charge in [-0.2, -0.15) is 0 Å². The van der Waals surface area contributed by atoms with E-state index in [0.717, 1.165) is 30.2 Å². The van der Waals surface area contributed by atoms with Crippen LogP contribution in [0.4, 0.5) is 5.82 Å². The molecule has 2 saturated heterocycles. The molecule has 9 heteroatoms. The molecule has 0 spiro atoms. The molecule has 1 aromatic heterocycles. The molecular weight excluding hydrogens is 452 g/mol. The molecule has 4 rings (SSSR count). The van der Waals surface area contributed by atoms with E-state index < -0.39 is 0 Å². The first-order valence-electron chi connectivity index (χ1n) is 10.5. The molecule has 3 aliphatic rings. The van der Waals surface area contributed by atoms with Gasteiger partial charge in [-0.05, 0) is 53.7 Å². The highest BCUT2D eigenvalue weighted by atomic mass is 79.9. The molecule has 30 heavy (non-hydrogen) atoms. The maximum atomic E-state index is 12.7. The lowest BCUT2D eigenvalue weighted by atomic mass is 9.81. The van der Waals surface area contributed by atoms with Gasteiger partial charge in [-0.1, -0.05) is 12.8 Å². The van der Waals surface area contributed by atoms with Crippen molar-refractivity contribution in [2.24, 2.45) is 17.8 Å². The Morgan fingerprint density at radius 3 is 2.23 bits per heavy atom. The summed E-state index contributed by atoms with van der Waals surface area (Å²) in [5.74, 6) is -0.869. The molecule has 1 aromatic rings. The summed E-state index contributed by atoms with van der Waals surface area (Å²) in [6.45, 7) is 0.700. The topological polar surface area (TPSA) is 99.7 Å². The molecule has 1 saturated carbocycles. The number of nitrogens with one attached hydrogen (secondary N) is 1. The molecule has 160 valence electrons. The fraction of sp³-hybridized carbons (Fsp3) is 0.571. The fourth-order valence-corrected chi connectivity index (χ4v) is 4.93. The predicted molar refractivity (Wildman–Crippen MR) is 112 cm³/mol. The second kappa shape index (κ2) is 8.83. The zero-order valence-corrected chi connectivity index (χ0v) is 18.3. The fourth-order valence-electron chi connectivity index (χ4n) is 4.69. The molecular formula is C21H25BrN4O4. The molecule has 0 aromatic carbocycles. The van der Waals surface area contributed by atoms with Gasteiger partial charge in [-0.25, -0.2) is 4.98 Å². The summed E-state index contributed by atoms with van der Waals surface area (Å²) in [4.78, 5) is 57.3. The van der Waals surface area contributed by atoms with E-state index in [4.69, 9.17) is 0 Å². The Morgan fingerprint density at radius 1 is 1.03 bits per heavy atom. The predicted octanol–water partition coefficient (Wildman–Crippen LogP) is 2.20. The first-order chi connectivity index (χ1) is 14.4. The number of nitrogens with zero attached hydrogens (tertiary/aromatic N) is 3. The summed E-state index contributed by atoms with van der Waals surface area (Å²) in [7, 11) is 0. The Kier molecular flexibility index (Phi) is 6.17. The number of fused-ring (bicyclic) bond motifs is 1. The third-order valence-electron chi connectivity index (χ3n) is 6.42. The molecule has 3 heterocycles. The average molecular weight is 477 g/mol. The Labute approximate surface area is 183 Å². The van der Waals surface area contributed by atoms with Crippen molar-refractivity contribution in [1.82, 2.24) is 14.8 Å². The van der Waals surface area contributed by atoms with Gasteiger partial charge in [-0.15, -0.1) is 0 Å². The highest BCUT2D eigenvalue weighted by Gasteiger charge is 2.48. The minimum absolute atomic E-state index is 0.106. The van der Waals surface area contributed by atoms with Crippen molar-refractivity contribution in [2.45, 2.75) is 38.5 Å². The third-order valence-corrected chi connectivity index (χ3v) is 6.89. The molecule has 2 unspecified atom stereocenters. The van der Waals surface area contributed by atoms with Gasteiger partial charge in [0, 0.05) is 29.7 Å². The summed E-state index contributed by atoms with van der Waals surface area (Å²) >= 11 is 3.31. The van der Waals surface area contributed by atoms with E-state index in [1.54, 1.807) is 23.2 Å². The monoisotopic (exact) mass is 476 g/mol. The maximum absolute atomic E-state index is 12.7. The van der Waals surface area contributed by atoms with Crippen molar-refractivity contribution in [1.29, 1.82) is 0 Å². The minimum Gasteiger partial charge on any atom is -0.341 e. The van der Waals surface area contributed by atoms with Crippen LogP contribution in [0.25, 0.3) is 0 Å². The van der Waals surface area contributed by atoms with Gasteiger partial charge in [0.15, 0.2) is 0 Å². The standard InChI is InChI=1S/C21H25BrN4O4/c22-14-5-6-17(23-11-14)24-19(28)13-7-9-25(10-8-13)18(27)12-26-20(29)15-3-1-2-4-16(15)21(26)30/h5-6,11,13,15-16H,1-4,7-10,12H2,(H,23,24,28). The van der Waals surface area contributed by atoms with E-state index in [2.05, 4.69) is 26.2 Å². The third kappa shape index (κ3) is 4.26. The van der Waals surface area contributed by atoms with Crippen LogP contribution in [0.1, 0.15) is 38.5 Å². The molecule has 0 radical (unpaired) electrons. The second-order valence-electron chi connectivity index (χ2n) is 8.27. The van der Waals surface area contributed by atoms with Crippen LogP contribution in [0, 0.1) is 17.8 Å². The van der Waals surface area contributed by atoms with Crippen LogP contribution in [-0.4, -0.2) is 58.0 Å². The van der Waals surface area contributed by atoms with E-state index in [1.165, 1.54) is 4.90 Å². The number of hydrogen-bond acceptors (Lipinski definition) is 5. The lowest BCUT2D eigenvalue weighted by Crippen LogP contribution is -2.47. The van der Waals surface area contributed by atoms with Gasteiger partial charge in [0.05, 0.1) is 11.8 Å². The van der Waals surface area contributed by atoms with Crippen molar-refractivity contribution in [3.8, 4) is 0 Å². The molecule has 0 bridgehead atoms. The molecule has 8 nitrogen and oxygen atoms in total. The minimum atomic E-state index is -0.235. The Balaban J connectivity index is 1.28. The Morgan fingerprint density at radius 2 is 1.67 bits per heavy atom. The number of carbonyl (C=O) groups excluding carboxylic acids is 4. The number of imide groups is 1. The van der Waals surface area contributed by atoms with Gasteiger partial charge >= 0.3 is 0 Å². The summed E-state index contributed by atoms with van der Waals surface area (Å²) in [5, 5.41) is 2.81. The van der Waals surface area contributed by atoms with Crippen molar-refractivity contribution in [2.75, 3.05) is 25.0 Å². The van der Waals surface area contributed by atoms with E-state index in [0.29, 0.717) is 31.7 Å². The molecule has 1 aliphatic carbocycles. The van der Waals surface area contributed by atoms with Crippen molar-refractivity contribution in [3.63, 3.8) is 0 Å². The lowest BCUT2D eigenvalue weighted by Gasteiger charge is -2.32. The van der Waals surface area contributed by atoms with Gasteiger partial charge in [-0.3, -0.25) is 24.1 Å². The van der Waals surface area contributed by atoms with Crippen molar-refractivity contribution < 1.29 is 19.2 Å². The normalized spacial score (nSPS) is 24.7. The number of halogens is 1. The van der Waals surface area contributed by atoms with Crippen LogP contribution >= 0.6 is 15.9 Å². The van der Waals surface area contributed by atoms with Gasteiger partial charge < -0.3 is 10.2 Å². The number of carbonyl (C=O) groups is 4. The molecule has 2 atom stereocenters.